The Morgan fingerprint density at radius 3 is 2.79 bits per heavy atom. The molecule has 0 N–H and O–H groups in total. The van der Waals surface area contributed by atoms with Crippen molar-refractivity contribution >= 4 is 17.9 Å². The highest BCUT2D eigenvalue weighted by Gasteiger charge is 2.40. The van der Waals surface area contributed by atoms with Gasteiger partial charge in [-0.05, 0) is 38.0 Å². The molecule has 1 heterocycles. The summed E-state index contributed by atoms with van der Waals surface area (Å²) in [5, 5.41) is 0. The van der Waals surface area contributed by atoms with Gasteiger partial charge in [0, 0.05) is 24.0 Å². The van der Waals surface area contributed by atoms with Crippen LogP contribution in [-0.4, -0.2) is 37.7 Å². The smallest absolute Gasteiger partial charge is 0.334 e. The van der Waals surface area contributed by atoms with Crippen molar-refractivity contribution in [3.05, 3.63) is 23.8 Å². The SMILES string of the molecule is C=C1C(=O)OC2CC(COC(C)=O)CCC=C(C(=O)OC)CCC12. The molecule has 3 atom stereocenters. The van der Waals surface area contributed by atoms with Crippen molar-refractivity contribution in [1.82, 2.24) is 0 Å². The minimum atomic E-state index is -0.376. The van der Waals surface area contributed by atoms with Crippen LogP contribution in [0.15, 0.2) is 23.8 Å². The van der Waals surface area contributed by atoms with Crippen LogP contribution in [0.2, 0.25) is 0 Å². The summed E-state index contributed by atoms with van der Waals surface area (Å²) in [6, 6.07) is 0. The second kappa shape index (κ2) is 8.13. The van der Waals surface area contributed by atoms with Crippen LogP contribution >= 0.6 is 0 Å². The van der Waals surface area contributed by atoms with E-state index >= 15 is 0 Å². The van der Waals surface area contributed by atoms with Gasteiger partial charge >= 0.3 is 17.9 Å². The first-order valence-electron chi connectivity index (χ1n) is 8.22. The topological polar surface area (TPSA) is 78.9 Å². The molecule has 0 aromatic rings. The largest absolute Gasteiger partial charge is 0.466 e. The van der Waals surface area contributed by atoms with Crippen LogP contribution in [0.3, 0.4) is 0 Å². The number of fused-ring (bicyclic) bond motifs is 1. The lowest BCUT2D eigenvalue weighted by molar-refractivity contribution is -0.145. The Labute approximate surface area is 141 Å². The normalized spacial score (nSPS) is 27.6. The van der Waals surface area contributed by atoms with Crippen molar-refractivity contribution in [3.8, 4) is 0 Å². The van der Waals surface area contributed by atoms with Crippen LogP contribution in [-0.2, 0) is 28.6 Å². The van der Waals surface area contributed by atoms with E-state index in [1.165, 1.54) is 14.0 Å². The Kier molecular flexibility index (Phi) is 6.17. The first kappa shape index (κ1) is 18.2. The molecule has 1 aliphatic carbocycles. The predicted octanol–water partition coefficient (Wildman–Crippen LogP) is 2.33. The quantitative estimate of drug-likeness (QED) is 0.447. The van der Waals surface area contributed by atoms with Crippen molar-refractivity contribution in [3.63, 3.8) is 0 Å². The first-order chi connectivity index (χ1) is 11.4. The average Bonchev–Trinajstić information content (AvgIpc) is 2.82. The fourth-order valence-electron chi connectivity index (χ4n) is 3.30. The van der Waals surface area contributed by atoms with Crippen molar-refractivity contribution in [2.75, 3.05) is 13.7 Å². The van der Waals surface area contributed by atoms with Gasteiger partial charge in [0.1, 0.15) is 6.10 Å². The van der Waals surface area contributed by atoms with Gasteiger partial charge in [-0.15, -0.1) is 0 Å². The Bertz CT molecular complexity index is 562. The van der Waals surface area contributed by atoms with E-state index in [0.29, 0.717) is 36.8 Å². The fourth-order valence-corrected chi connectivity index (χ4v) is 3.30. The molecule has 2 aliphatic rings. The number of carbonyl (C=O) groups excluding carboxylic acids is 3. The van der Waals surface area contributed by atoms with E-state index in [2.05, 4.69) is 6.58 Å². The van der Waals surface area contributed by atoms with Gasteiger partial charge in [0.15, 0.2) is 0 Å². The monoisotopic (exact) mass is 336 g/mol. The van der Waals surface area contributed by atoms with Gasteiger partial charge in [-0.25, -0.2) is 9.59 Å². The lowest BCUT2D eigenvalue weighted by Crippen LogP contribution is -2.25. The summed E-state index contributed by atoms with van der Waals surface area (Å²) >= 11 is 0. The standard InChI is InChI=1S/C18H24O6/c1-11-15-8-7-14(18(21)22-3)6-4-5-13(10-23-12(2)19)9-16(15)24-17(11)20/h6,13,15-16H,1,4-5,7-10H2,2-3H3. The van der Waals surface area contributed by atoms with E-state index in [9.17, 15) is 14.4 Å². The molecule has 6 heteroatoms. The minimum absolute atomic E-state index is 0.0633. The molecule has 0 spiro atoms. The van der Waals surface area contributed by atoms with Gasteiger partial charge in [-0.1, -0.05) is 12.7 Å². The number of rotatable bonds is 3. The van der Waals surface area contributed by atoms with Crippen molar-refractivity contribution in [2.45, 2.75) is 45.1 Å². The summed E-state index contributed by atoms with van der Waals surface area (Å²) < 4.78 is 15.4. The summed E-state index contributed by atoms with van der Waals surface area (Å²) in [5.74, 6) is -1.11. The van der Waals surface area contributed by atoms with Crippen molar-refractivity contribution < 1.29 is 28.6 Å². The van der Waals surface area contributed by atoms with E-state index in [1.807, 2.05) is 6.08 Å². The number of methoxy groups -OCH3 is 1. The summed E-state index contributed by atoms with van der Waals surface area (Å²) in [7, 11) is 1.36. The average molecular weight is 336 g/mol. The number of hydrogen-bond acceptors (Lipinski definition) is 6. The number of allylic oxidation sites excluding steroid dienone is 1. The molecular weight excluding hydrogens is 312 g/mol. The molecule has 1 saturated heterocycles. The van der Waals surface area contributed by atoms with Gasteiger partial charge in [0.2, 0.25) is 0 Å². The van der Waals surface area contributed by atoms with Gasteiger partial charge in [-0.2, -0.15) is 0 Å². The summed E-state index contributed by atoms with van der Waals surface area (Å²) in [4.78, 5) is 34.8. The van der Waals surface area contributed by atoms with Crippen LogP contribution in [0.1, 0.15) is 39.0 Å². The zero-order chi connectivity index (χ0) is 17.7. The van der Waals surface area contributed by atoms with Gasteiger partial charge in [0.05, 0.1) is 13.7 Å². The Hall–Kier alpha value is -2.11. The second-order valence-corrected chi connectivity index (χ2v) is 6.32. The highest BCUT2D eigenvalue weighted by Crippen LogP contribution is 2.36. The third-order valence-corrected chi connectivity index (χ3v) is 4.64. The molecule has 0 amide bonds. The lowest BCUT2D eigenvalue weighted by Gasteiger charge is -2.24. The van der Waals surface area contributed by atoms with Crippen LogP contribution in [0, 0.1) is 11.8 Å². The molecule has 24 heavy (non-hydrogen) atoms. The molecule has 1 fully saturated rings. The Morgan fingerprint density at radius 2 is 2.12 bits per heavy atom. The van der Waals surface area contributed by atoms with E-state index in [4.69, 9.17) is 14.2 Å². The molecule has 0 aromatic carbocycles. The molecule has 0 radical (unpaired) electrons. The summed E-state index contributed by atoms with van der Waals surface area (Å²) in [6.45, 7) is 5.49. The molecule has 132 valence electrons. The lowest BCUT2D eigenvalue weighted by atomic mass is 9.83. The van der Waals surface area contributed by atoms with Crippen LogP contribution in [0.5, 0.6) is 0 Å². The van der Waals surface area contributed by atoms with Gasteiger partial charge < -0.3 is 14.2 Å². The molecule has 6 nitrogen and oxygen atoms in total. The van der Waals surface area contributed by atoms with Crippen LogP contribution < -0.4 is 0 Å². The number of esters is 3. The molecule has 1 aliphatic heterocycles. The van der Waals surface area contributed by atoms with E-state index in [-0.39, 0.29) is 42.5 Å². The number of ether oxygens (including phenoxy) is 3. The minimum Gasteiger partial charge on any atom is -0.466 e. The summed E-state index contributed by atoms with van der Waals surface area (Å²) in [6.07, 6.45) is 4.79. The van der Waals surface area contributed by atoms with Crippen molar-refractivity contribution in [2.24, 2.45) is 11.8 Å². The maximum Gasteiger partial charge on any atom is 0.334 e. The zero-order valence-electron chi connectivity index (χ0n) is 14.2. The third kappa shape index (κ3) is 4.46. The van der Waals surface area contributed by atoms with Crippen LogP contribution in [0.25, 0.3) is 0 Å². The molecule has 0 aromatic heterocycles. The van der Waals surface area contributed by atoms with Gasteiger partial charge in [0.25, 0.3) is 0 Å². The second-order valence-electron chi connectivity index (χ2n) is 6.32. The third-order valence-electron chi connectivity index (χ3n) is 4.64. The maximum absolute atomic E-state index is 11.9. The summed E-state index contributed by atoms with van der Waals surface area (Å²) in [5.41, 5.74) is 1.06. The molecule has 3 unspecified atom stereocenters. The maximum atomic E-state index is 11.9. The number of hydrogen-bond donors (Lipinski definition) is 0. The zero-order valence-corrected chi connectivity index (χ0v) is 14.2. The highest BCUT2D eigenvalue weighted by atomic mass is 16.6. The fraction of sp³-hybridized carbons (Fsp3) is 0.611. The number of carbonyl (C=O) groups is 3. The molecule has 0 saturated carbocycles. The Morgan fingerprint density at radius 1 is 1.38 bits per heavy atom. The molecule has 2 rings (SSSR count). The molecule has 0 bridgehead atoms. The van der Waals surface area contributed by atoms with Gasteiger partial charge in [-0.3, -0.25) is 4.79 Å². The van der Waals surface area contributed by atoms with E-state index in [0.717, 1.165) is 6.42 Å². The van der Waals surface area contributed by atoms with E-state index < -0.39 is 0 Å². The first-order valence-corrected chi connectivity index (χ1v) is 8.22. The van der Waals surface area contributed by atoms with Crippen molar-refractivity contribution in [1.29, 1.82) is 0 Å². The highest BCUT2D eigenvalue weighted by molar-refractivity contribution is 5.91. The predicted molar refractivity (Wildman–Crippen MR) is 85.8 cm³/mol. The van der Waals surface area contributed by atoms with Crippen LogP contribution in [0.4, 0.5) is 0 Å². The van der Waals surface area contributed by atoms with E-state index in [1.54, 1.807) is 0 Å². The molecular formula is C18H24O6. The Balaban J connectivity index is 2.18.